The van der Waals surface area contributed by atoms with Gasteiger partial charge in [-0.2, -0.15) is 0 Å². The third-order valence-corrected chi connectivity index (χ3v) is 7.32. The molecule has 1 aliphatic carbocycles. The second-order valence-corrected chi connectivity index (χ2v) is 9.04. The van der Waals surface area contributed by atoms with E-state index in [1.807, 2.05) is 18.2 Å². The summed E-state index contributed by atoms with van der Waals surface area (Å²) in [6, 6.07) is 40.6. The van der Waals surface area contributed by atoms with Crippen LogP contribution in [-0.4, -0.2) is 0 Å². The van der Waals surface area contributed by atoms with Crippen molar-refractivity contribution in [2.75, 3.05) is 0 Å². The van der Waals surface area contributed by atoms with E-state index in [9.17, 15) is 0 Å². The Morgan fingerprint density at radius 2 is 1.15 bits per heavy atom. The first-order valence-corrected chi connectivity index (χ1v) is 11.5. The smallest absolute Gasteiger partial charge is 0.137 e. The van der Waals surface area contributed by atoms with E-state index in [4.69, 9.17) is 16.0 Å². The maximum absolute atomic E-state index is 7.00. The van der Waals surface area contributed by atoms with Crippen LogP contribution in [0.2, 0.25) is 5.02 Å². The summed E-state index contributed by atoms with van der Waals surface area (Å²) in [7, 11) is 0. The standard InChI is InChI=1S/C31H19ClO/c32-27-18-21(19-29-30(27)24-14-6-9-17-28(24)33-29)31(20-10-2-1-3-11-20)25-15-7-4-12-22(25)23-13-5-8-16-26(23)31/h1-19H. The van der Waals surface area contributed by atoms with Gasteiger partial charge in [-0.15, -0.1) is 0 Å². The molecule has 5 aromatic carbocycles. The molecule has 0 fully saturated rings. The van der Waals surface area contributed by atoms with Crippen LogP contribution in [0.1, 0.15) is 22.3 Å². The van der Waals surface area contributed by atoms with Gasteiger partial charge < -0.3 is 4.42 Å². The molecule has 1 aromatic heterocycles. The predicted molar refractivity (Wildman–Crippen MR) is 136 cm³/mol. The molecule has 1 nitrogen and oxygen atoms in total. The van der Waals surface area contributed by atoms with Gasteiger partial charge >= 0.3 is 0 Å². The van der Waals surface area contributed by atoms with Crippen LogP contribution < -0.4 is 0 Å². The maximum atomic E-state index is 7.00. The van der Waals surface area contributed by atoms with Gasteiger partial charge in [-0.05, 0) is 51.6 Å². The molecule has 156 valence electrons. The number of benzene rings is 5. The number of halogens is 1. The number of rotatable bonds is 2. The lowest BCUT2D eigenvalue weighted by Gasteiger charge is -2.34. The Hall–Kier alpha value is -3.81. The summed E-state index contributed by atoms with van der Waals surface area (Å²) >= 11 is 7.00. The Labute approximate surface area is 196 Å². The van der Waals surface area contributed by atoms with Crippen molar-refractivity contribution >= 4 is 33.5 Å². The van der Waals surface area contributed by atoms with E-state index in [0.29, 0.717) is 5.02 Å². The van der Waals surface area contributed by atoms with Crippen molar-refractivity contribution in [2.24, 2.45) is 0 Å². The number of para-hydroxylation sites is 1. The summed E-state index contributed by atoms with van der Waals surface area (Å²) in [5.41, 5.74) is 8.58. The Morgan fingerprint density at radius 3 is 1.88 bits per heavy atom. The highest BCUT2D eigenvalue weighted by molar-refractivity contribution is 6.37. The fourth-order valence-corrected chi connectivity index (χ4v) is 6.04. The van der Waals surface area contributed by atoms with E-state index >= 15 is 0 Å². The first-order chi connectivity index (χ1) is 16.3. The third-order valence-electron chi connectivity index (χ3n) is 7.02. The molecule has 0 atom stereocenters. The summed E-state index contributed by atoms with van der Waals surface area (Å²) in [5.74, 6) is 0. The fourth-order valence-electron chi connectivity index (χ4n) is 5.73. The molecule has 0 spiro atoms. The summed E-state index contributed by atoms with van der Waals surface area (Å²) in [6.07, 6.45) is 0. The number of fused-ring (bicyclic) bond motifs is 6. The zero-order valence-electron chi connectivity index (χ0n) is 17.8. The summed E-state index contributed by atoms with van der Waals surface area (Å²) < 4.78 is 6.31. The average molecular weight is 443 g/mol. The zero-order chi connectivity index (χ0) is 22.0. The fraction of sp³-hybridized carbons (Fsp3) is 0.0323. The predicted octanol–water partition coefficient (Wildman–Crippen LogP) is 8.60. The highest BCUT2D eigenvalue weighted by Gasteiger charge is 2.46. The van der Waals surface area contributed by atoms with E-state index in [0.717, 1.165) is 27.5 Å². The lowest BCUT2D eigenvalue weighted by molar-refractivity contribution is 0.665. The number of furan rings is 1. The molecule has 7 rings (SSSR count). The second-order valence-electron chi connectivity index (χ2n) is 8.64. The van der Waals surface area contributed by atoms with Crippen molar-refractivity contribution < 1.29 is 4.42 Å². The molecule has 1 aliphatic rings. The quantitative estimate of drug-likeness (QED) is 0.261. The molecular weight excluding hydrogens is 424 g/mol. The minimum absolute atomic E-state index is 0.481. The number of hydrogen-bond donors (Lipinski definition) is 0. The monoisotopic (exact) mass is 442 g/mol. The van der Waals surface area contributed by atoms with Gasteiger partial charge in [-0.3, -0.25) is 0 Å². The van der Waals surface area contributed by atoms with Crippen molar-refractivity contribution in [1.82, 2.24) is 0 Å². The minimum atomic E-state index is -0.481. The van der Waals surface area contributed by atoms with Gasteiger partial charge in [0.05, 0.1) is 10.4 Å². The van der Waals surface area contributed by atoms with Gasteiger partial charge in [-0.1, -0.05) is 109 Å². The van der Waals surface area contributed by atoms with Crippen molar-refractivity contribution in [1.29, 1.82) is 0 Å². The molecule has 0 bridgehead atoms. The molecule has 6 aromatic rings. The van der Waals surface area contributed by atoms with Crippen LogP contribution in [0.25, 0.3) is 33.1 Å². The van der Waals surface area contributed by atoms with Crippen LogP contribution in [0.4, 0.5) is 0 Å². The molecule has 0 radical (unpaired) electrons. The van der Waals surface area contributed by atoms with Gasteiger partial charge in [0.15, 0.2) is 0 Å². The van der Waals surface area contributed by atoms with E-state index < -0.39 is 5.41 Å². The van der Waals surface area contributed by atoms with E-state index in [2.05, 4.69) is 97.1 Å². The Morgan fingerprint density at radius 1 is 0.545 bits per heavy atom. The largest absolute Gasteiger partial charge is 0.456 e. The molecule has 0 amide bonds. The van der Waals surface area contributed by atoms with Crippen LogP contribution in [0.15, 0.2) is 120 Å². The normalized spacial score (nSPS) is 13.8. The topological polar surface area (TPSA) is 13.1 Å². The van der Waals surface area contributed by atoms with Crippen LogP contribution in [0.3, 0.4) is 0 Å². The molecule has 1 heterocycles. The molecule has 0 N–H and O–H groups in total. The van der Waals surface area contributed by atoms with Crippen molar-refractivity contribution in [3.8, 4) is 11.1 Å². The van der Waals surface area contributed by atoms with E-state index in [1.54, 1.807) is 0 Å². The Balaban J connectivity index is 1.66. The molecule has 2 heteroatoms. The van der Waals surface area contributed by atoms with Gasteiger partial charge in [0, 0.05) is 10.8 Å². The van der Waals surface area contributed by atoms with Gasteiger partial charge in [0.2, 0.25) is 0 Å². The minimum Gasteiger partial charge on any atom is -0.456 e. The molecule has 0 unspecified atom stereocenters. The lowest BCUT2D eigenvalue weighted by atomic mass is 9.67. The molecule has 0 saturated carbocycles. The highest BCUT2D eigenvalue weighted by atomic mass is 35.5. The summed E-state index contributed by atoms with van der Waals surface area (Å²) in [4.78, 5) is 0. The van der Waals surface area contributed by atoms with Crippen LogP contribution >= 0.6 is 11.6 Å². The highest BCUT2D eigenvalue weighted by Crippen LogP contribution is 2.56. The zero-order valence-corrected chi connectivity index (χ0v) is 18.5. The summed E-state index contributed by atoms with van der Waals surface area (Å²) in [6.45, 7) is 0. The first kappa shape index (κ1) is 18.7. The summed E-state index contributed by atoms with van der Waals surface area (Å²) in [5, 5.41) is 2.73. The Kier molecular flexibility index (Phi) is 3.88. The van der Waals surface area contributed by atoms with Crippen molar-refractivity contribution in [3.05, 3.63) is 143 Å². The molecular formula is C31H19ClO. The molecule has 0 saturated heterocycles. The van der Waals surface area contributed by atoms with Gasteiger partial charge in [-0.25, -0.2) is 0 Å². The molecule has 33 heavy (non-hydrogen) atoms. The first-order valence-electron chi connectivity index (χ1n) is 11.1. The average Bonchev–Trinajstić information content (AvgIpc) is 3.39. The third kappa shape index (κ3) is 2.43. The van der Waals surface area contributed by atoms with Gasteiger partial charge in [0.25, 0.3) is 0 Å². The SMILES string of the molecule is Clc1cc(C2(c3ccccc3)c3ccccc3-c3ccccc32)cc2oc3ccccc3c12. The van der Waals surface area contributed by atoms with E-state index in [1.165, 1.54) is 27.8 Å². The van der Waals surface area contributed by atoms with E-state index in [-0.39, 0.29) is 0 Å². The van der Waals surface area contributed by atoms with Crippen molar-refractivity contribution in [3.63, 3.8) is 0 Å². The van der Waals surface area contributed by atoms with Gasteiger partial charge in [0.1, 0.15) is 11.2 Å². The second kappa shape index (κ2) is 6.84. The van der Waals surface area contributed by atoms with Crippen LogP contribution in [0.5, 0.6) is 0 Å². The maximum Gasteiger partial charge on any atom is 0.137 e. The van der Waals surface area contributed by atoms with Crippen LogP contribution in [0, 0.1) is 0 Å². The Bertz CT molecular complexity index is 1630. The molecule has 0 aliphatic heterocycles. The van der Waals surface area contributed by atoms with Crippen LogP contribution in [-0.2, 0) is 5.41 Å². The van der Waals surface area contributed by atoms with Crippen molar-refractivity contribution in [2.45, 2.75) is 5.41 Å². The lowest BCUT2D eigenvalue weighted by Crippen LogP contribution is -2.28. The number of hydrogen-bond acceptors (Lipinski definition) is 1.